The summed E-state index contributed by atoms with van der Waals surface area (Å²) in [4.78, 5) is 22.8. The molecule has 2 atom stereocenters. The highest BCUT2D eigenvalue weighted by Crippen LogP contribution is 2.41. The topological polar surface area (TPSA) is 64.6 Å². The predicted molar refractivity (Wildman–Crippen MR) is 96.7 cm³/mol. The van der Waals surface area contributed by atoms with E-state index in [1.54, 1.807) is 12.3 Å². The molecular weight excluding hydrogens is 330 g/mol. The number of aromatic nitrogens is 2. The van der Waals surface area contributed by atoms with Gasteiger partial charge in [-0.25, -0.2) is 9.97 Å². The van der Waals surface area contributed by atoms with E-state index in [-0.39, 0.29) is 17.4 Å². The maximum Gasteiger partial charge on any atom is 0.272 e. The summed E-state index contributed by atoms with van der Waals surface area (Å²) in [6.07, 6.45) is 11.5. The van der Waals surface area contributed by atoms with Gasteiger partial charge in [-0.15, -0.1) is 0 Å². The number of ether oxygens (including phenoxy) is 2. The highest BCUT2D eigenvalue weighted by atomic mass is 16.5. The third kappa shape index (κ3) is 3.76. The molecule has 1 saturated carbocycles. The van der Waals surface area contributed by atoms with E-state index >= 15 is 0 Å². The van der Waals surface area contributed by atoms with Crippen molar-refractivity contribution in [3.63, 3.8) is 0 Å². The Hall–Kier alpha value is -1.53. The molecular formula is C20H29N3O3. The number of hydrogen-bond acceptors (Lipinski definition) is 5. The van der Waals surface area contributed by atoms with Gasteiger partial charge in [0.2, 0.25) is 0 Å². The fourth-order valence-electron chi connectivity index (χ4n) is 4.86. The van der Waals surface area contributed by atoms with Crippen molar-refractivity contribution >= 4 is 5.91 Å². The number of likely N-dealkylation sites (tertiary alicyclic amines) is 1. The lowest BCUT2D eigenvalue weighted by Crippen LogP contribution is -2.58. The number of amides is 1. The molecule has 1 aromatic rings. The lowest BCUT2D eigenvalue weighted by molar-refractivity contribution is -0.148. The van der Waals surface area contributed by atoms with Crippen LogP contribution in [0.3, 0.4) is 0 Å². The van der Waals surface area contributed by atoms with E-state index in [0.717, 1.165) is 44.9 Å². The molecule has 6 nitrogen and oxygen atoms in total. The molecule has 3 heterocycles. The Balaban J connectivity index is 1.43. The van der Waals surface area contributed by atoms with E-state index in [1.165, 1.54) is 32.0 Å². The average Bonchev–Trinajstić information content (AvgIpc) is 3.21. The minimum absolute atomic E-state index is 0.00779. The van der Waals surface area contributed by atoms with Crippen molar-refractivity contribution in [2.75, 3.05) is 32.9 Å². The van der Waals surface area contributed by atoms with Crippen LogP contribution in [0, 0.1) is 11.3 Å². The van der Waals surface area contributed by atoms with Crippen molar-refractivity contribution in [3.05, 3.63) is 24.3 Å². The number of carbonyl (C=O) groups is 1. The Kier molecular flexibility index (Phi) is 5.50. The van der Waals surface area contributed by atoms with Crippen LogP contribution in [0.1, 0.15) is 55.4 Å². The van der Waals surface area contributed by atoms with Crippen LogP contribution in [0.15, 0.2) is 18.6 Å². The van der Waals surface area contributed by atoms with Crippen molar-refractivity contribution in [1.29, 1.82) is 0 Å². The summed E-state index contributed by atoms with van der Waals surface area (Å²) in [6, 6.07) is 1.69. The van der Waals surface area contributed by atoms with E-state index < -0.39 is 0 Å². The maximum absolute atomic E-state index is 12.9. The minimum atomic E-state index is -0.0716. The predicted octanol–water partition coefficient (Wildman–Crippen LogP) is 2.69. The Morgan fingerprint density at radius 2 is 2.19 bits per heavy atom. The second kappa shape index (κ2) is 8.01. The highest BCUT2D eigenvalue weighted by molar-refractivity contribution is 5.92. The van der Waals surface area contributed by atoms with Crippen LogP contribution in [0.5, 0.6) is 0 Å². The third-order valence-corrected chi connectivity index (χ3v) is 6.29. The SMILES string of the molecule is O=C(c1ccncn1)N1CCC2OCCCC2(COCC2CCCC2)C1. The normalized spacial score (nSPS) is 29.5. The molecule has 4 rings (SSSR count). The van der Waals surface area contributed by atoms with Gasteiger partial charge in [0, 0.05) is 37.9 Å². The standard InChI is InChI=1S/C20H29N3O3/c24-19(17-6-9-21-15-22-17)23-10-7-18-20(13-23,8-3-11-26-18)14-25-12-16-4-1-2-5-16/h6,9,15-16,18H,1-5,7-8,10-14H2. The van der Waals surface area contributed by atoms with Crippen LogP contribution in [-0.4, -0.2) is 59.8 Å². The highest BCUT2D eigenvalue weighted by Gasteiger charge is 2.47. The van der Waals surface area contributed by atoms with E-state index in [1.807, 2.05) is 4.90 Å². The molecule has 1 amide bonds. The van der Waals surface area contributed by atoms with E-state index in [2.05, 4.69) is 9.97 Å². The summed E-state index contributed by atoms with van der Waals surface area (Å²) in [5.74, 6) is 0.711. The quantitative estimate of drug-likeness (QED) is 0.809. The summed E-state index contributed by atoms with van der Waals surface area (Å²) >= 11 is 0. The van der Waals surface area contributed by atoms with Crippen LogP contribution in [0.4, 0.5) is 0 Å². The molecule has 6 heteroatoms. The van der Waals surface area contributed by atoms with Crippen molar-refractivity contribution < 1.29 is 14.3 Å². The molecule has 0 aromatic carbocycles. The first kappa shape index (κ1) is 17.9. The van der Waals surface area contributed by atoms with Gasteiger partial charge in [0.1, 0.15) is 12.0 Å². The largest absolute Gasteiger partial charge is 0.380 e. The first-order valence-corrected chi connectivity index (χ1v) is 10.0. The van der Waals surface area contributed by atoms with Gasteiger partial charge in [-0.1, -0.05) is 12.8 Å². The average molecular weight is 359 g/mol. The van der Waals surface area contributed by atoms with Crippen LogP contribution in [-0.2, 0) is 9.47 Å². The molecule has 1 aliphatic carbocycles. The molecule has 2 saturated heterocycles. The Morgan fingerprint density at radius 1 is 1.31 bits per heavy atom. The monoisotopic (exact) mass is 359 g/mol. The van der Waals surface area contributed by atoms with Gasteiger partial charge in [0.25, 0.3) is 5.91 Å². The van der Waals surface area contributed by atoms with Gasteiger partial charge >= 0.3 is 0 Å². The van der Waals surface area contributed by atoms with Crippen LogP contribution >= 0.6 is 0 Å². The first-order valence-electron chi connectivity index (χ1n) is 10.0. The smallest absolute Gasteiger partial charge is 0.272 e. The number of nitrogens with zero attached hydrogens (tertiary/aromatic N) is 3. The van der Waals surface area contributed by atoms with Crippen LogP contribution < -0.4 is 0 Å². The lowest BCUT2D eigenvalue weighted by Gasteiger charge is -2.50. The molecule has 0 spiro atoms. The zero-order valence-electron chi connectivity index (χ0n) is 15.4. The van der Waals surface area contributed by atoms with E-state index in [9.17, 15) is 4.79 Å². The molecule has 142 valence electrons. The molecule has 26 heavy (non-hydrogen) atoms. The Morgan fingerprint density at radius 3 is 3.00 bits per heavy atom. The summed E-state index contributed by atoms with van der Waals surface area (Å²) in [6.45, 7) is 3.80. The number of carbonyl (C=O) groups excluding carboxylic acids is 1. The molecule has 0 N–H and O–H groups in total. The van der Waals surface area contributed by atoms with Crippen molar-refractivity contribution in [3.8, 4) is 0 Å². The first-order chi connectivity index (χ1) is 12.8. The summed E-state index contributed by atoms with van der Waals surface area (Å²) < 4.78 is 12.3. The maximum atomic E-state index is 12.9. The number of hydrogen-bond donors (Lipinski definition) is 0. The summed E-state index contributed by atoms with van der Waals surface area (Å²) in [5, 5.41) is 0. The zero-order valence-corrected chi connectivity index (χ0v) is 15.4. The van der Waals surface area contributed by atoms with Crippen molar-refractivity contribution in [1.82, 2.24) is 14.9 Å². The van der Waals surface area contributed by atoms with Crippen LogP contribution in [0.25, 0.3) is 0 Å². The number of piperidine rings is 1. The minimum Gasteiger partial charge on any atom is -0.380 e. The number of rotatable bonds is 5. The molecule has 2 aliphatic heterocycles. The lowest BCUT2D eigenvalue weighted by atomic mass is 9.73. The second-order valence-electron chi connectivity index (χ2n) is 8.10. The fraction of sp³-hybridized carbons (Fsp3) is 0.750. The third-order valence-electron chi connectivity index (χ3n) is 6.29. The molecule has 0 radical (unpaired) electrons. The molecule has 3 aliphatic rings. The molecule has 2 unspecified atom stereocenters. The van der Waals surface area contributed by atoms with Gasteiger partial charge in [-0.05, 0) is 44.1 Å². The fourth-order valence-corrected chi connectivity index (χ4v) is 4.86. The number of fused-ring (bicyclic) bond motifs is 1. The van der Waals surface area contributed by atoms with Gasteiger partial charge in [-0.2, -0.15) is 0 Å². The van der Waals surface area contributed by atoms with E-state index in [4.69, 9.17) is 9.47 Å². The molecule has 3 fully saturated rings. The van der Waals surface area contributed by atoms with Gasteiger partial charge < -0.3 is 14.4 Å². The van der Waals surface area contributed by atoms with Gasteiger partial charge in [-0.3, -0.25) is 4.79 Å². The van der Waals surface area contributed by atoms with Crippen molar-refractivity contribution in [2.45, 2.75) is 51.0 Å². The Labute approximate surface area is 155 Å². The second-order valence-corrected chi connectivity index (χ2v) is 8.10. The zero-order chi connectivity index (χ0) is 17.8. The van der Waals surface area contributed by atoms with Gasteiger partial charge in [0.15, 0.2) is 0 Å². The van der Waals surface area contributed by atoms with Crippen molar-refractivity contribution in [2.24, 2.45) is 11.3 Å². The Bertz CT molecular complexity index is 606. The summed E-state index contributed by atoms with van der Waals surface area (Å²) in [7, 11) is 0. The summed E-state index contributed by atoms with van der Waals surface area (Å²) in [5.41, 5.74) is 0.398. The van der Waals surface area contributed by atoms with Crippen LogP contribution in [0.2, 0.25) is 0 Å². The van der Waals surface area contributed by atoms with Gasteiger partial charge in [0.05, 0.1) is 12.7 Å². The molecule has 1 aromatic heterocycles. The van der Waals surface area contributed by atoms with E-state index in [0.29, 0.717) is 18.8 Å². The molecule has 0 bridgehead atoms.